The van der Waals surface area contributed by atoms with Crippen molar-refractivity contribution in [2.24, 2.45) is 0 Å². The number of para-hydroxylation sites is 1. The molecule has 5 heteroatoms. The first kappa shape index (κ1) is 11.1. The normalized spacial score (nSPS) is 14.8. The maximum absolute atomic E-state index is 9.00. The Morgan fingerprint density at radius 2 is 2.22 bits per heavy atom. The number of rotatable bonds is 2. The van der Waals surface area contributed by atoms with Gasteiger partial charge < -0.3 is 19.2 Å². The molecular formula is C13H14N2O3. The molecule has 0 unspecified atom stereocenters. The Balaban J connectivity index is 1.86. The largest absolute Gasteiger partial charge is 0.491 e. The van der Waals surface area contributed by atoms with E-state index in [1.54, 1.807) is 0 Å². The number of aromatic nitrogens is 1. The van der Waals surface area contributed by atoms with Crippen LogP contribution in [0.25, 0.3) is 0 Å². The lowest BCUT2D eigenvalue weighted by molar-refractivity contribution is 0.276. The molecule has 0 atom stereocenters. The number of aliphatic hydroxyl groups is 1. The van der Waals surface area contributed by atoms with Crippen LogP contribution in [-0.4, -0.2) is 23.2 Å². The summed E-state index contributed by atoms with van der Waals surface area (Å²) in [6.45, 7) is 1.89. The number of oxazole rings is 1. The third kappa shape index (κ3) is 2.04. The molecule has 0 aliphatic carbocycles. The van der Waals surface area contributed by atoms with Gasteiger partial charge >= 0.3 is 0 Å². The van der Waals surface area contributed by atoms with Crippen molar-refractivity contribution in [2.75, 3.05) is 18.1 Å². The number of fused-ring (bicyclic) bond motifs is 1. The van der Waals surface area contributed by atoms with Crippen molar-refractivity contribution in [3.63, 3.8) is 0 Å². The summed E-state index contributed by atoms with van der Waals surface area (Å²) in [7, 11) is 0. The van der Waals surface area contributed by atoms with Crippen LogP contribution in [-0.2, 0) is 13.2 Å². The number of anilines is 1. The highest BCUT2D eigenvalue weighted by Crippen LogP contribution is 2.25. The summed E-state index contributed by atoms with van der Waals surface area (Å²) < 4.78 is 11.0. The fraction of sp³-hybridized carbons (Fsp3) is 0.308. The molecule has 0 saturated heterocycles. The minimum atomic E-state index is -0.107. The summed E-state index contributed by atoms with van der Waals surface area (Å²) in [6.07, 6.45) is 1.48. The first-order valence-corrected chi connectivity index (χ1v) is 5.88. The third-order valence-corrected chi connectivity index (χ3v) is 2.92. The van der Waals surface area contributed by atoms with Crippen molar-refractivity contribution in [1.29, 1.82) is 0 Å². The summed E-state index contributed by atoms with van der Waals surface area (Å²) in [5.74, 6) is 0.911. The molecule has 1 aliphatic heterocycles. The monoisotopic (exact) mass is 246 g/mol. The average molecular weight is 246 g/mol. The second kappa shape index (κ2) is 4.70. The molecule has 5 nitrogen and oxygen atoms in total. The lowest BCUT2D eigenvalue weighted by Gasteiger charge is -2.16. The zero-order chi connectivity index (χ0) is 12.4. The molecule has 0 bridgehead atoms. The van der Waals surface area contributed by atoms with Crippen LogP contribution in [0.5, 0.6) is 5.75 Å². The Kier molecular flexibility index (Phi) is 2.90. The number of ether oxygens (including phenoxy) is 1. The van der Waals surface area contributed by atoms with E-state index in [1.165, 1.54) is 6.26 Å². The lowest BCUT2D eigenvalue weighted by Crippen LogP contribution is -2.25. The molecule has 1 aromatic heterocycles. The van der Waals surface area contributed by atoms with E-state index in [1.807, 2.05) is 29.2 Å². The smallest absolute Gasteiger partial charge is 0.297 e. The molecule has 1 aliphatic rings. The topological polar surface area (TPSA) is 58.7 Å². The van der Waals surface area contributed by atoms with E-state index >= 15 is 0 Å². The van der Waals surface area contributed by atoms with Gasteiger partial charge in [-0.1, -0.05) is 18.2 Å². The van der Waals surface area contributed by atoms with E-state index in [9.17, 15) is 0 Å². The molecule has 2 aromatic rings. The van der Waals surface area contributed by atoms with E-state index in [0.717, 1.165) is 11.3 Å². The predicted octanol–water partition coefficient (Wildman–Crippen LogP) is 1.57. The summed E-state index contributed by atoms with van der Waals surface area (Å²) in [6, 6.07) is 8.47. The van der Waals surface area contributed by atoms with E-state index in [0.29, 0.717) is 31.4 Å². The SMILES string of the molecule is OCc1coc(N2CCOc3ccccc3C2)n1. The van der Waals surface area contributed by atoms with Gasteiger partial charge in [0.05, 0.1) is 19.7 Å². The number of nitrogens with zero attached hydrogens (tertiary/aromatic N) is 2. The Morgan fingerprint density at radius 1 is 1.33 bits per heavy atom. The highest BCUT2D eigenvalue weighted by atomic mass is 16.5. The highest BCUT2D eigenvalue weighted by Gasteiger charge is 2.18. The molecular weight excluding hydrogens is 232 g/mol. The van der Waals surface area contributed by atoms with Crippen LogP contribution in [0.1, 0.15) is 11.3 Å². The molecule has 3 rings (SSSR count). The lowest BCUT2D eigenvalue weighted by atomic mass is 10.2. The van der Waals surface area contributed by atoms with Crippen molar-refractivity contribution >= 4 is 6.01 Å². The molecule has 1 N–H and O–H groups in total. The van der Waals surface area contributed by atoms with E-state index in [4.69, 9.17) is 14.3 Å². The van der Waals surface area contributed by atoms with Gasteiger partial charge in [-0.2, -0.15) is 4.98 Å². The number of aliphatic hydroxyl groups excluding tert-OH is 1. The van der Waals surface area contributed by atoms with Gasteiger partial charge in [-0.15, -0.1) is 0 Å². The molecule has 18 heavy (non-hydrogen) atoms. The van der Waals surface area contributed by atoms with Crippen molar-refractivity contribution in [3.05, 3.63) is 41.8 Å². The maximum atomic E-state index is 9.00. The molecule has 94 valence electrons. The summed E-state index contributed by atoms with van der Waals surface area (Å²) >= 11 is 0. The Bertz CT molecular complexity index is 539. The van der Waals surface area contributed by atoms with Crippen molar-refractivity contribution < 1.29 is 14.3 Å². The van der Waals surface area contributed by atoms with Crippen LogP contribution >= 0.6 is 0 Å². The minimum Gasteiger partial charge on any atom is -0.491 e. The molecule has 2 heterocycles. The fourth-order valence-corrected chi connectivity index (χ4v) is 2.00. The second-order valence-electron chi connectivity index (χ2n) is 4.16. The number of hydrogen-bond acceptors (Lipinski definition) is 5. The second-order valence-corrected chi connectivity index (χ2v) is 4.16. The number of benzene rings is 1. The minimum absolute atomic E-state index is 0.107. The zero-order valence-electron chi connectivity index (χ0n) is 9.87. The standard InChI is InChI=1S/C13H14N2O3/c16-8-11-9-18-13(14-11)15-5-6-17-12-4-2-1-3-10(12)7-15/h1-4,9,16H,5-8H2. The van der Waals surface area contributed by atoms with Crippen LogP contribution < -0.4 is 9.64 Å². The van der Waals surface area contributed by atoms with E-state index < -0.39 is 0 Å². The van der Waals surface area contributed by atoms with Gasteiger partial charge in [-0.25, -0.2) is 0 Å². The molecule has 0 spiro atoms. The summed E-state index contributed by atoms with van der Waals surface area (Å²) in [4.78, 5) is 6.23. The summed E-state index contributed by atoms with van der Waals surface area (Å²) in [5, 5.41) is 9.00. The highest BCUT2D eigenvalue weighted by molar-refractivity contribution is 5.39. The Morgan fingerprint density at radius 3 is 3.06 bits per heavy atom. The van der Waals surface area contributed by atoms with Gasteiger partial charge in [0.2, 0.25) is 0 Å². The zero-order valence-corrected chi connectivity index (χ0v) is 9.87. The average Bonchev–Trinajstić information content (AvgIpc) is 2.78. The van der Waals surface area contributed by atoms with Gasteiger partial charge in [0.1, 0.15) is 24.3 Å². The predicted molar refractivity (Wildman–Crippen MR) is 65.4 cm³/mol. The van der Waals surface area contributed by atoms with Gasteiger partial charge in [0.15, 0.2) is 0 Å². The van der Waals surface area contributed by atoms with Gasteiger partial charge in [-0.3, -0.25) is 0 Å². The molecule has 0 fully saturated rings. The first-order valence-electron chi connectivity index (χ1n) is 5.88. The molecule has 0 radical (unpaired) electrons. The first-order chi connectivity index (χ1) is 8.86. The van der Waals surface area contributed by atoms with Gasteiger partial charge in [0.25, 0.3) is 6.01 Å². The van der Waals surface area contributed by atoms with Gasteiger partial charge in [-0.05, 0) is 6.07 Å². The molecule has 0 amide bonds. The Hall–Kier alpha value is -2.01. The van der Waals surface area contributed by atoms with E-state index in [-0.39, 0.29) is 6.61 Å². The maximum Gasteiger partial charge on any atom is 0.297 e. The van der Waals surface area contributed by atoms with Gasteiger partial charge in [0, 0.05) is 5.56 Å². The third-order valence-electron chi connectivity index (χ3n) is 2.92. The molecule has 1 aromatic carbocycles. The summed E-state index contributed by atoms with van der Waals surface area (Å²) in [5.41, 5.74) is 1.65. The quantitative estimate of drug-likeness (QED) is 0.871. The van der Waals surface area contributed by atoms with E-state index in [2.05, 4.69) is 4.98 Å². The molecule has 0 saturated carbocycles. The van der Waals surface area contributed by atoms with Crippen LogP contribution in [0.4, 0.5) is 6.01 Å². The fourth-order valence-electron chi connectivity index (χ4n) is 2.00. The van der Waals surface area contributed by atoms with Crippen LogP contribution in [0, 0.1) is 0 Å². The van der Waals surface area contributed by atoms with Crippen LogP contribution in [0.2, 0.25) is 0 Å². The van der Waals surface area contributed by atoms with Crippen molar-refractivity contribution in [3.8, 4) is 5.75 Å². The Labute approximate surface area is 105 Å². The van der Waals surface area contributed by atoms with Crippen molar-refractivity contribution in [1.82, 2.24) is 4.98 Å². The van der Waals surface area contributed by atoms with Crippen molar-refractivity contribution in [2.45, 2.75) is 13.2 Å². The number of hydrogen-bond donors (Lipinski definition) is 1. The van der Waals surface area contributed by atoms with Crippen LogP contribution in [0.3, 0.4) is 0 Å². The van der Waals surface area contributed by atoms with Crippen LogP contribution in [0.15, 0.2) is 34.9 Å².